The fraction of sp³-hybridized carbons (Fsp3) is 0.765. The molecule has 3 atom stereocenters. The molecule has 2 heteroatoms. The molecule has 0 bridgehead atoms. The Hall–Kier alpha value is -0.760. The molecule has 0 amide bonds. The van der Waals surface area contributed by atoms with E-state index in [-0.39, 0.29) is 0 Å². The van der Waals surface area contributed by atoms with Crippen LogP contribution in [0.3, 0.4) is 0 Å². The van der Waals surface area contributed by atoms with E-state index in [1.54, 1.807) is 6.26 Å². The maximum atomic E-state index is 5.55. The zero-order valence-corrected chi connectivity index (χ0v) is 12.5. The van der Waals surface area contributed by atoms with Gasteiger partial charge in [0.25, 0.3) is 0 Å². The van der Waals surface area contributed by atoms with Gasteiger partial charge < -0.3 is 9.73 Å². The van der Waals surface area contributed by atoms with Crippen LogP contribution < -0.4 is 5.32 Å². The normalized spacial score (nSPS) is 25.4. The van der Waals surface area contributed by atoms with Crippen LogP contribution in [0.2, 0.25) is 0 Å². The van der Waals surface area contributed by atoms with Gasteiger partial charge in [0.2, 0.25) is 0 Å². The van der Waals surface area contributed by atoms with E-state index in [9.17, 15) is 0 Å². The van der Waals surface area contributed by atoms with Gasteiger partial charge in [0.1, 0.15) is 5.76 Å². The highest BCUT2D eigenvalue weighted by molar-refractivity contribution is 5.02. The summed E-state index contributed by atoms with van der Waals surface area (Å²) < 4.78 is 5.55. The molecule has 1 aromatic rings. The molecular formula is C17H29NO. The van der Waals surface area contributed by atoms with Crippen LogP contribution in [0.15, 0.2) is 22.8 Å². The molecule has 1 aliphatic carbocycles. The van der Waals surface area contributed by atoms with Crippen molar-refractivity contribution in [1.82, 2.24) is 5.32 Å². The fourth-order valence-electron chi connectivity index (χ4n) is 3.45. The third-order valence-corrected chi connectivity index (χ3v) is 4.63. The Morgan fingerprint density at radius 1 is 1.37 bits per heavy atom. The summed E-state index contributed by atoms with van der Waals surface area (Å²) in [5.41, 5.74) is 0. The lowest BCUT2D eigenvalue weighted by atomic mass is 9.76. The van der Waals surface area contributed by atoms with Gasteiger partial charge in [-0.1, -0.05) is 33.1 Å². The highest BCUT2D eigenvalue weighted by Gasteiger charge is 2.28. The van der Waals surface area contributed by atoms with Crippen LogP contribution in [0, 0.1) is 11.8 Å². The van der Waals surface area contributed by atoms with Gasteiger partial charge in [0.15, 0.2) is 0 Å². The highest BCUT2D eigenvalue weighted by atomic mass is 16.3. The second kappa shape index (κ2) is 7.74. The molecule has 1 fully saturated rings. The van der Waals surface area contributed by atoms with Crippen molar-refractivity contribution < 1.29 is 4.42 Å². The monoisotopic (exact) mass is 263 g/mol. The smallest absolute Gasteiger partial charge is 0.105 e. The topological polar surface area (TPSA) is 25.2 Å². The Kier molecular flexibility index (Phi) is 5.96. The van der Waals surface area contributed by atoms with Crippen LogP contribution in [0.4, 0.5) is 0 Å². The number of hydrogen-bond acceptors (Lipinski definition) is 2. The predicted molar refractivity (Wildman–Crippen MR) is 80.2 cm³/mol. The van der Waals surface area contributed by atoms with Crippen LogP contribution in [-0.2, 0) is 6.42 Å². The predicted octanol–water partition coefficient (Wildman–Crippen LogP) is 4.41. The lowest BCUT2D eigenvalue weighted by molar-refractivity contribution is 0.203. The summed E-state index contributed by atoms with van der Waals surface area (Å²) in [6, 6.07) is 4.71. The van der Waals surface area contributed by atoms with Crippen LogP contribution >= 0.6 is 0 Å². The molecule has 3 unspecified atom stereocenters. The first kappa shape index (κ1) is 14.6. The van der Waals surface area contributed by atoms with Gasteiger partial charge in [-0.25, -0.2) is 0 Å². The molecule has 108 valence electrons. The zero-order chi connectivity index (χ0) is 13.5. The number of furan rings is 1. The van der Waals surface area contributed by atoms with E-state index in [0.29, 0.717) is 6.04 Å². The number of rotatable bonds is 7. The molecule has 1 aliphatic rings. The minimum absolute atomic E-state index is 0.598. The van der Waals surface area contributed by atoms with Crippen LogP contribution in [-0.4, -0.2) is 12.6 Å². The van der Waals surface area contributed by atoms with Crippen LogP contribution in [0.5, 0.6) is 0 Å². The summed E-state index contributed by atoms with van der Waals surface area (Å²) >= 11 is 0. The Morgan fingerprint density at radius 3 is 2.95 bits per heavy atom. The second-order valence-corrected chi connectivity index (χ2v) is 6.05. The summed E-state index contributed by atoms with van der Waals surface area (Å²) in [6.45, 7) is 5.71. The standard InChI is InChI=1S/C17H29NO/c1-3-10-18-17(13-16-9-6-11-19-16)15-8-5-7-14(4-2)12-15/h6,9,11,14-15,17-18H,3-5,7-8,10,12-13H2,1-2H3. The van der Waals surface area contributed by atoms with Gasteiger partial charge in [-0.15, -0.1) is 0 Å². The lowest BCUT2D eigenvalue weighted by Gasteiger charge is -2.34. The van der Waals surface area contributed by atoms with E-state index in [1.807, 2.05) is 6.07 Å². The van der Waals surface area contributed by atoms with Crippen molar-refractivity contribution in [3.63, 3.8) is 0 Å². The van der Waals surface area contributed by atoms with Gasteiger partial charge in [-0.2, -0.15) is 0 Å². The molecule has 0 radical (unpaired) electrons. The SMILES string of the molecule is CCCNC(Cc1ccco1)C1CCCC(CC)C1. The van der Waals surface area contributed by atoms with E-state index in [0.717, 1.165) is 30.6 Å². The molecule has 2 nitrogen and oxygen atoms in total. The fourth-order valence-corrected chi connectivity index (χ4v) is 3.45. The Labute approximate surface area is 118 Å². The summed E-state index contributed by atoms with van der Waals surface area (Å²) in [4.78, 5) is 0. The Morgan fingerprint density at radius 2 is 2.26 bits per heavy atom. The summed E-state index contributed by atoms with van der Waals surface area (Å²) in [5.74, 6) is 2.91. The molecule has 1 aromatic heterocycles. The van der Waals surface area contributed by atoms with Crippen molar-refractivity contribution in [1.29, 1.82) is 0 Å². The van der Waals surface area contributed by atoms with E-state index in [2.05, 4.69) is 25.2 Å². The molecule has 1 N–H and O–H groups in total. The van der Waals surface area contributed by atoms with E-state index in [4.69, 9.17) is 4.42 Å². The number of hydrogen-bond donors (Lipinski definition) is 1. The first-order valence-corrected chi connectivity index (χ1v) is 8.09. The van der Waals surface area contributed by atoms with Gasteiger partial charge in [0, 0.05) is 12.5 Å². The second-order valence-electron chi connectivity index (χ2n) is 6.05. The largest absolute Gasteiger partial charge is 0.469 e. The maximum Gasteiger partial charge on any atom is 0.105 e. The number of nitrogens with one attached hydrogen (secondary N) is 1. The van der Waals surface area contributed by atoms with Crippen molar-refractivity contribution in [3.8, 4) is 0 Å². The Bertz CT molecular complexity index is 333. The molecule has 1 saturated carbocycles. The van der Waals surface area contributed by atoms with Gasteiger partial charge in [-0.05, 0) is 49.8 Å². The molecular weight excluding hydrogens is 234 g/mol. The maximum absolute atomic E-state index is 5.55. The van der Waals surface area contributed by atoms with Crippen molar-refractivity contribution in [3.05, 3.63) is 24.2 Å². The van der Waals surface area contributed by atoms with E-state index >= 15 is 0 Å². The minimum atomic E-state index is 0.598. The molecule has 0 saturated heterocycles. The minimum Gasteiger partial charge on any atom is -0.469 e. The van der Waals surface area contributed by atoms with Crippen molar-refractivity contribution >= 4 is 0 Å². The molecule has 19 heavy (non-hydrogen) atoms. The first-order chi connectivity index (χ1) is 9.33. The average molecular weight is 263 g/mol. The molecule has 0 spiro atoms. The quantitative estimate of drug-likeness (QED) is 0.788. The van der Waals surface area contributed by atoms with Gasteiger partial charge >= 0.3 is 0 Å². The third kappa shape index (κ3) is 4.38. The van der Waals surface area contributed by atoms with E-state index in [1.165, 1.54) is 38.5 Å². The van der Waals surface area contributed by atoms with Crippen molar-refractivity contribution in [2.45, 2.75) is 64.8 Å². The third-order valence-electron chi connectivity index (χ3n) is 4.63. The molecule has 2 rings (SSSR count). The zero-order valence-electron chi connectivity index (χ0n) is 12.5. The molecule has 1 heterocycles. The average Bonchev–Trinajstić information content (AvgIpc) is 2.96. The van der Waals surface area contributed by atoms with Gasteiger partial charge in [0.05, 0.1) is 6.26 Å². The summed E-state index contributed by atoms with van der Waals surface area (Å²) in [6.07, 6.45) is 11.0. The van der Waals surface area contributed by atoms with Crippen LogP contribution in [0.1, 0.15) is 58.1 Å². The highest BCUT2D eigenvalue weighted by Crippen LogP contribution is 2.33. The van der Waals surface area contributed by atoms with Crippen molar-refractivity contribution in [2.24, 2.45) is 11.8 Å². The van der Waals surface area contributed by atoms with Crippen molar-refractivity contribution in [2.75, 3.05) is 6.54 Å². The lowest BCUT2D eigenvalue weighted by Crippen LogP contribution is -2.40. The molecule has 0 aromatic carbocycles. The summed E-state index contributed by atoms with van der Waals surface area (Å²) in [5, 5.41) is 3.76. The van der Waals surface area contributed by atoms with Gasteiger partial charge in [-0.3, -0.25) is 0 Å². The summed E-state index contributed by atoms with van der Waals surface area (Å²) in [7, 11) is 0. The Balaban J connectivity index is 1.95. The molecule has 0 aliphatic heterocycles. The van der Waals surface area contributed by atoms with E-state index < -0.39 is 0 Å². The first-order valence-electron chi connectivity index (χ1n) is 8.09. The van der Waals surface area contributed by atoms with Crippen LogP contribution in [0.25, 0.3) is 0 Å².